The van der Waals surface area contributed by atoms with Crippen molar-refractivity contribution < 1.29 is 0 Å². The lowest BCUT2D eigenvalue weighted by atomic mass is 9.90. The van der Waals surface area contributed by atoms with Crippen LogP contribution in [-0.4, -0.2) is 29.8 Å². The largest absolute Gasteiger partial charge is 0.355 e. The lowest BCUT2D eigenvalue weighted by Crippen LogP contribution is -2.31. The third-order valence-corrected chi connectivity index (χ3v) is 3.15. The summed E-state index contributed by atoms with van der Waals surface area (Å²) in [5.74, 6) is 0.979. The zero-order valence-corrected chi connectivity index (χ0v) is 9.40. The van der Waals surface area contributed by atoms with E-state index < -0.39 is 0 Å². The molecule has 0 spiro atoms. The Bertz CT molecular complexity index is 352. The van der Waals surface area contributed by atoms with Crippen molar-refractivity contribution in [3.05, 3.63) is 17.8 Å². The highest BCUT2D eigenvalue weighted by molar-refractivity contribution is 5.40. The van der Waals surface area contributed by atoms with Gasteiger partial charge in [0.15, 0.2) is 5.82 Å². The summed E-state index contributed by atoms with van der Waals surface area (Å²) in [6.07, 6.45) is 2.92. The van der Waals surface area contributed by atoms with Crippen molar-refractivity contribution >= 4 is 5.82 Å². The van der Waals surface area contributed by atoms with Crippen LogP contribution >= 0.6 is 0 Å². The quantitative estimate of drug-likeness (QED) is 0.783. The molecule has 1 aromatic rings. The molecule has 1 unspecified atom stereocenters. The topological polar surface area (TPSA) is 55.0 Å². The van der Waals surface area contributed by atoms with Gasteiger partial charge in [-0.2, -0.15) is 5.10 Å². The summed E-state index contributed by atoms with van der Waals surface area (Å²) in [5.41, 5.74) is 7.17. The van der Waals surface area contributed by atoms with Crippen LogP contribution in [0.4, 0.5) is 5.82 Å². The van der Waals surface area contributed by atoms with Crippen molar-refractivity contribution in [2.24, 2.45) is 11.1 Å². The molecule has 0 amide bonds. The Morgan fingerprint density at radius 3 is 3.00 bits per heavy atom. The van der Waals surface area contributed by atoms with Crippen LogP contribution in [0.15, 0.2) is 12.3 Å². The highest BCUT2D eigenvalue weighted by Crippen LogP contribution is 2.31. The van der Waals surface area contributed by atoms with Gasteiger partial charge in [-0.05, 0) is 36.9 Å². The van der Waals surface area contributed by atoms with Crippen LogP contribution in [0.3, 0.4) is 0 Å². The zero-order chi connectivity index (χ0) is 10.9. The van der Waals surface area contributed by atoms with Crippen LogP contribution in [0.5, 0.6) is 0 Å². The standard InChI is InChI=1S/C11H18N4/c1-9-5-10(14-13-6-9)15-4-3-11(2,7-12)8-15/h5-6H,3-4,7-8,12H2,1-2H3. The predicted molar refractivity (Wildman–Crippen MR) is 60.8 cm³/mol. The van der Waals surface area contributed by atoms with E-state index in [0.29, 0.717) is 0 Å². The molecule has 1 aromatic heterocycles. The van der Waals surface area contributed by atoms with E-state index in [1.54, 1.807) is 6.20 Å². The molecule has 0 aliphatic carbocycles. The minimum absolute atomic E-state index is 0.241. The number of anilines is 1. The molecule has 1 aliphatic rings. The van der Waals surface area contributed by atoms with Crippen LogP contribution in [-0.2, 0) is 0 Å². The third-order valence-electron chi connectivity index (χ3n) is 3.15. The molecule has 2 heterocycles. The van der Waals surface area contributed by atoms with E-state index in [4.69, 9.17) is 5.73 Å². The maximum Gasteiger partial charge on any atom is 0.151 e. The second-order valence-corrected chi connectivity index (χ2v) is 4.78. The highest BCUT2D eigenvalue weighted by atomic mass is 15.3. The molecule has 1 aliphatic heterocycles. The number of hydrogen-bond acceptors (Lipinski definition) is 4. The first-order valence-corrected chi connectivity index (χ1v) is 5.37. The summed E-state index contributed by atoms with van der Waals surface area (Å²) < 4.78 is 0. The molecule has 0 aromatic carbocycles. The number of rotatable bonds is 2. The van der Waals surface area contributed by atoms with Gasteiger partial charge in [-0.3, -0.25) is 0 Å². The highest BCUT2D eigenvalue weighted by Gasteiger charge is 2.33. The lowest BCUT2D eigenvalue weighted by Gasteiger charge is -2.22. The number of nitrogens with zero attached hydrogens (tertiary/aromatic N) is 3. The first-order valence-electron chi connectivity index (χ1n) is 5.37. The summed E-state index contributed by atoms with van der Waals surface area (Å²) in [6, 6.07) is 2.08. The molecule has 0 radical (unpaired) electrons. The molecule has 0 bridgehead atoms. The van der Waals surface area contributed by atoms with Gasteiger partial charge in [-0.1, -0.05) is 6.92 Å². The lowest BCUT2D eigenvalue weighted by molar-refractivity contribution is 0.383. The van der Waals surface area contributed by atoms with Gasteiger partial charge in [0.05, 0.1) is 6.20 Å². The third kappa shape index (κ3) is 2.09. The Kier molecular flexibility index (Phi) is 2.61. The first-order chi connectivity index (χ1) is 7.13. The molecule has 15 heavy (non-hydrogen) atoms. The van der Waals surface area contributed by atoms with Gasteiger partial charge in [0.1, 0.15) is 0 Å². The fourth-order valence-electron chi connectivity index (χ4n) is 1.99. The van der Waals surface area contributed by atoms with Crippen molar-refractivity contribution in [2.75, 3.05) is 24.5 Å². The van der Waals surface area contributed by atoms with E-state index in [9.17, 15) is 0 Å². The van der Waals surface area contributed by atoms with Crippen LogP contribution in [0.25, 0.3) is 0 Å². The average Bonchev–Trinajstić information content (AvgIpc) is 2.62. The maximum absolute atomic E-state index is 5.78. The van der Waals surface area contributed by atoms with Crippen LogP contribution in [0.2, 0.25) is 0 Å². The Hall–Kier alpha value is -1.16. The van der Waals surface area contributed by atoms with Gasteiger partial charge >= 0.3 is 0 Å². The van der Waals surface area contributed by atoms with Gasteiger partial charge in [0.25, 0.3) is 0 Å². The second-order valence-electron chi connectivity index (χ2n) is 4.78. The minimum Gasteiger partial charge on any atom is -0.355 e. The van der Waals surface area contributed by atoms with Gasteiger partial charge in [0, 0.05) is 13.1 Å². The van der Waals surface area contributed by atoms with Crippen molar-refractivity contribution in [3.8, 4) is 0 Å². The average molecular weight is 206 g/mol. The summed E-state index contributed by atoms with van der Waals surface area (Å²) in [6.45, 7) is 7.03. The molecule has 0 saturated carbocycles. The van der Waals surface area contributed by atoms with Gasteiger partial charge < -0.3 is 10.6 Å². The number of aryl methyl sites for hydroxylation is 1. The monoisotopic (exact) mass is 206 g/mol. The summed E-state index contributed by atoms with van der Waals surface area (Å²) in [7, 11) is 0. The molecule has 1 saturated heterocycles. The van der Waals surface area contributed by atoms with Crippen LogP contribution in [0.1, 0.15) is 18.9 Å². The van der Waals surface area contributed by atoms with E-state index >= 15 is 0 Å². The van der Waals surface area contributed by atoms with Crippen molar-refractivity contribution in [1.82, 2.24) is 10.2 Å². The normalized spacial score (nSPS) is 25.9. The Labute approximate surface area is 90.5 Å². The maximum atomic E-state index is 5.78. The van der Waals surface area contributed by atoms with E-state index in [-0.39, 0.29) is 5.41 Å². The Balaban J connectivity index is 2.14. The Morgan fingerprint density at radius 1 is 1.60 bits per heavy atom. The molecule has 1 atom stereocenters. The molecule has 1 fully saturated rings. The van der Waals surface area contributed by atoms with Crippen molar-refractivity contribution in [3.63, 3.8) is 0 Å². The summed E-state index contributed by atoms with van der Waals surface area (Å²) in [5, 5.41) is 8.14. The van der Waals surface area contributed by atoms with Crippen molar-refractivity contribution in [2.45, 2.75) is 20.3 Å². The number of aromatic nitrogens is 2. The van der Waals surface area contributed by atoms with E-state index in [1.807, 2.05) is 6.92 Å². The smallest absolute Gasteiger partial charge is 0.151 e. The van der Waals surface area contributed by atoms with Gasteiger partial charge in [-0.25, -0.2) is 0 Å². The predicted octanol–water partition coefficient (Wildman–Crippen LogP) is 0.960. The summed E-state index contributed by atoms with van der Waals surface area (Å²) in [4.78, 5) is 2.27. The number of hydrogen-bond donors (Lipinski definition) is 1. The van der Waals surface area contributed by atoms with E-state index in [2.05, 4.69) is 28.1 Å². The first kappa shape index (κ1) is 10.4. The summed E-state index contributed by atoms with van der Waals surface area (Å²) >= 11 is 0. The molecular formula is C11H18N4. The zero-order valence-electron chi connectivity index (χ0n) is 9.40. The Morgan fingerprint density at radius 2 is 2.40 bits per heavy atom. The molecule has 2 rings (SSSR count). The van der Waals surface area contributed by atoms with Gasteiger partial charge in [0.2, 0.25) is 0 Å². The molecule has 2 N–H and O–H groups in total. The van der Waals surface area contributed by atoms with E-state index in [0.717, 1.165) is 37.4 Å². The second kappa shape index (κ2) is 3.77. The van der Waals surface area contributed by atoms with E-state index in [1.165, 1.54) is 0 Å². The number of nitrogens with two attached hydrogens (primary N) is 1. The fraction of sp³-hybridized carbons (Fsp3) is 0.636. The molecule has 4 heteroatoms. The molecular weight excluding hydrogens is 188 g/mol. The molecule has 82 valence electrons. The minimum atomic E-state index is 0.241. The van der Waals surface area contributed by atoms with Crippen LogP contribution < -0.4 is 10.6 Å². The van der Waals surface area contributed by atoms with Crippen LogP contribution in [0, 0.1) is 12.3 Å². The molecule has 4 nitrogen and oxygen atoms in total. The fourth-order valence-corrected chi connectivity index (χ4v) is 1.99. The SMILES string of the molecule is Cc1cnnc(N2CCC(C)(CN)C2)c1. The van der Waals surface area contributed by atoms with Gasteiger partial charge in [-0.15, -0.1) is 5.10 Å². The van der Waals surface area contributed by atoms with Crippen molar-refractivity contribution in [1.29, 1.82) is 0 Å².